The zero-order valence-corrected chi connectivity index (χ0v) is 11.5. The van der Waals surface area contributed by atoms with Gasteiger partial charge in [0.15, 0.2) is 0 Å². The van der Waals surface area contributed by atoms with Crippen LogP contribution >= 0.6 is 0 Å². The lowest BCUT2D eigenvalue weighted by molar-refractivity contribution is -0.130. The first kappa shape index (κ1) is 14.2. The molecular formula is C14H19N3O3. The number of methoxy groups -OCH3 is 1. The second-order valence-corrected chi connectivity index (χ2v) is 4.55. The molecule has 0 unspecified atom stereocenters. The van der Waals surface area contributed by atoms with Crippen LogP contribution in [0, 0.1) is 0 Å². The maximum Gasteiger partial charge on any atom is 0.407 e. The van der Waals surface area contributed by atoms with E-state index in [1.807, 2.05) is 18.2 Å². The SMILES string of the molecule is COC(=O)NCC(=O)N1CCN(c2ccccc2)CC1. The summed E-state index contributed by atoms with van der Waals surface area (Å²) in [4.78, 5) is 26.8. The van der Waals surface area contributed by atoms with Gasteiger partial charge in [-0.1, -0.05) is 18.2 Å². The monoisotopic (exact) mass is 277 g/mol. The third kappa shape index (κ3) is 3.63. The van der Waals surface area contributed by atoms with Crippen molar-refractivity contribution in [3.8, 4) is 0 Å². The third-order valence-electron chi connectivity index (χ3n) is 3.32. The van der Waals surface area contributed by atoms with Crippen molar-refractivity contribution in [2.24, 2.45) is 0 Å². The molecule has 1 saturated heterocycles. The molecule has 6 heteroatoms. The molecule has 2 amide bonds. The average Bonchev–Trinajstić information content (AvgIpc) is 2.53. The predicted molar refractivity (Wildman–Crippen MR) is 75.6 cm³/mol. The summed E-state index contributed by atoms with van der Waals surface area (Å²) in [6, 6.07) is 10.1. The van der Waals surface area contributed by atoms with E-state index in [1.54, 1.807) is 4.90 Å². The second-order valence-electron chi connectivity index (χ2n) is 4.55. The van der Waals surface area contributed by atoms with E-state index in [0.29, 0.717) is 13.1 Å². The minimum absolute atomic E-state index is 0.0159. The lowest BCUT2D eigenvalue weighted by Crippen LogP contribution is -2.51. The van der Waals surface area contributed by atoms with E-state index in [2.05, 4.69) is 27.1 Å². The highest BCUT2D eigenvalue weighted by molar-refractivity contribution is 5.82. The van der Waals surface area contributed by atoms with Crippen LogP contribution in [0.2, 0.25) is 0 Å². The van der Waals surface area contributed by atoms with Crippen LogP contribution in [0.25, 0.3) is 0 Å². The number of hydrogen-bond acceptors (Lipinski definition) is 4. The van der Waals surface area contributed by atoms with Gasteiger partial charge < -0.3 is 19.9 Å². The van der Waals surface area contributed by atoms with Gasteiger partial charge in [-0.05, 0) is 12.1 Å². The van der Waals surface area contributed by atoms with Gasteiger partial charge in [0, 0.05) is 31.9 Å². The molecule has 1 fully saturated rings. The number of nitrogens with zero attached hydrogens (tertiary/aromatic N) is 2. The third-order valence-corrected chi connectivity index (χ3v) is 3.32. The van der Waals surface area contributed by atoms with Crippen LogP contribution in [0.4, 0.5) is 10.5 Å². The Bertz CT molecular complexity index is 456. The van der Waals surface area contributed by atoms with E-state index in [-0.39, 0.29) is 12.5 Å². The molecule has 1 aromatic rings. The molecule has 0 spiro atoms. The summed E-state index contributed by atoms with van der Waals surface area (Å²) in [7, 11) is 1.28. The van der Waals surface area contributed by atoms with Gasteiger partial charge in [-0.15, -0.1) is 0 Å². The standard InChI is InChI=1S/C14H19N3O3/c1-20-14(19)15-11-13(18)17-9-7-16(8-10-17)12-5-3-2-4-6-12/h2-6H,7-11H2,1H3,(H,15,19). The summed E-state index contributed by atoms with van der Waals surface area (Å²) in [6.45, 7) is 2.91. The van der Waals surface area contributed by atoms with Gasteiger partial charge in [-0.3, -0.25) is 4.79 Å². The number of carbonyl (C=O) groups is 2. The van der Waals surface area contributed by atoms with E-state index in [1.165, 1.54) is 12.8 Å². The summed E-state index contributed by atoms with van der Waals surface area (Å²) >= 11 is 0. The number of benzene rings is 1. The Morgan fingerprint density at radius 1 is 1.15 bits per heavy atom. The minimum Gasteiger partial charge on any atom is -0.453 e. The first-order valence-corrected chi connectivity index (χ1v) is 6.60. The zero-order valence-electron chi connectivity index (χ0n) is 11.5. The molecule has 0 radical (unpaired) electrons. The molecule has 0 bridgehead atoms. The van der Waals surface area contributed by atoms with Crippen molar-refractivity contribution in [3.63, 3.8) is 0 Å². The molecule has 108 valence electrons. The fourth-order valence-corrected chi connectivity index (χ4v) is 2.18. The maximum atomic E-state index is 11.9. The molecular weight excluding hydrogens is 258 g/mol. The molecule has 0 saturated carbocycles. The van der Waals surface area contributed by atoms with Gasteiger partial charge >= 0.3 is 6.09 Å². The van der Waals surface area contributed by atoms with E-state index in [4.69, 9.17) is 0 Å². The Morgan fingerprint density at radius 2 is 1.80 bits per heavy atom. The highest BCUT2D eigenvalue weighted by Gasteiger charge is 2.21. The highest BCUT2D eigenvalue weighted by Crippen LogP contribution is 2.15. The van der Waals surface area contributed by atoms with Crippen molar-refractivity contribution in [3.05, 3.63) is 30.3 Å². The average molecular weight is 277 g/mol. The molecule has 0 atom stereocenters. The van der Waals surface area contributed by atoms with E-state index in [0.717, 1.165) is 13.1 Å². The lowest BCUT2D eigenvalue weighted by atomic mass is 10.2. The number of carbonyl (C=O) groups excluding carboxylic acids is 2. The summed E-state index contributed by atoms with van der Waals surface area (Å²) in [6.07, 6.45) is -0.582. The molecule has 1 N–H and O–H groups in total. The van der Waals surface area contributed by atoms with E-state index >= 15 is 0 Å². The van der Waals surface area contributed by atoms with E-state index in [9.17, 15) is 9.59 Å². The van der Waals surface area contributed by atoms with Crippen LogP contribution in [0.1, 0.15) is 0 Å². The van der Waals surface area contributed by atoms with Crippen LogP contribution in [0.5, 0.6) is 0 Å². The number of alkyl carbamates (subject to hydrolysis) is 1. The first-order valence-electron chi connectivity index (χ1n) is 6.60. The maximum absolute atomic E-state index is 11.9. The molecule has 0 aromatic heterocycles. The highest BCUT2D eigenvalue weighted by atomic mass is 16.5. The van der Waals surface area contributed by atoms with Crippen molar-refractivity contribution in [1.82, 2.24) is 10.2 Å². The van der Waals surface area contributed by atoms with Crippen molar-refractivity contribution in [1.29, 1.82) is 0 Å². The Balaban J connectivity index is 1.79. The van der Waals surface area contributed by atoms with Crippen LogP contribution in [-0.4, -0.2) is 56.7 Å². The molecule has 6 nitrogen and oxygen atoms in total. The second kappa shape index (κ2) is 6.79. The van der Waals surface area contributed by atoms with Crippen molar-refractivity contribution >= 4 is 17.7 Å². The summed E-state index contributed by atoms with van der Waals surface area (Å²) in [5.74, 6) is -0.0805. The zero-order chi connectivity index (χ0) is 14.4. The van der Waals surface area contributed by atoms with Gasteiger partial charge in [0.1, 0.15) is 6.54 Å². The minimum atomic E-state index is -0.582. The summed E-state index contributed by atoms with van der Waals surface area (Å²) in [5, 5.41) is 2.41. The number of piperazine rings is 1. The topological polar surface area (TPSA) is 61.9 Å². The van der Waals surface area contributed by atoms with Gasteiger partial charge in [0.05, 0.1) is 7.11 Å². The molecule has 1 aliphatic heterocycles. The molecule has 2 rings (SSSR count). The van der Waals surface area contributed by atoms with Gasteiger partial charge in [-0.25, -0.2) is 4.79 Å². The van der Waals surface area contributed by atoms with Crippen LogP contribution in [-0.2, 0) is 9.53 Å². The number of nitrogens with one attached hydrogen (secondary N) is 1. The number of amides is 2. The van der Waals surface area contributed by atoms with Crippen molar-refractivity contribution in [2.75, 3.05) is 44.7 Å². The first-order chi connectivity index (χ1) is 9.70. The van der Waals surface area contributed by atoms with Crippen LogP contribution < -0.4 is 10.2 Å². The molecule has 1 aromatic carbocycles. The predicted octanol–water partition coefficient (Wildman–Crippen LogP) is 0.691. The summed E-state index contributed by atoms with van der Waals surface area (Å²) in [5.41, 5.74) is 1.17. The lowest BCUT2D eigenvalue weighted by Gasteiger charge is -2.36. The molecule has 1 aliphatic rings. The number of hydrogen-bond donors (Lipinski definition) is 1. The van der Waals surface area contributed by atoms with Crippen LogP contribution in [0.15, 0.2) is 30.3 Å². The molecule has 0 aliphatic carbocycles. The Morgan fingerprint density at radius 3 is 2.40 bits per heavy atom. The Hall–Kier alpha value is -2.24. The van der Waals surface area contributed by atoms with Gasteiger partial charge in [0.25, 0.3) is 0 Å². The quantitative estimate of drug-likeness (QED) is 0.883. The van der Waals surface area contributed by atoms with Crippen molar-refractivity contribution in [2.45, 2.75) is 0 Å². The number of ether oxygens (including phenoxy) is 1. The number of anilines is 1. The van der Waals surface area contributed by atoms with E-state index < -0.39 is 6.09 Å². The van der Waals surface area contributed by atoms with Crippen molar-refractivity contribution < 1.29 is 14.3 Å². The van der Waals surface area contributed by atoms with Gasteiger partial charge in [-0.2, -0.15) is 0 Å². The van der Waals surface area contributed by atoms with Crippen LogP contribution in [0.3, 0.4) is 0 Å². The van der Waals surface area contributed by atoms with Gasteiger partial charge in [0.2, 0.25) is 5.91 Å². The normalized spacial score (nSPS) is 14.8. The largest absolute Gasteiger partial charge is 0.453 e. The fourth-order valence-electron chi connectivity index (χ4n) is 2.18. The summed E-state index contributed by atoms with van der Waals surface area (Å²) < 4.78 is 4.43. The number of rotatable bonds is 3. The number of para-hydroxylation sites is 1. The fraction of sp³-hybridized carbons (Fsp3) is 0.429. The molecule has 20 heavy (non-hydrogen) atoms. The molecule has 1 heterocycles. The smallest absolute Gasteiger partial charge is 0.407 e. The Kier molecular flexibility index (Phi) is 4.81. The Labute approximate surface area is 118 Å².